The summed E-state index contributed by atoms with van der Waals surface area (Å²) in [5.41, 5.74) is 0. The molecule has 17 heavy (non-hydrogen) atoms. The Morgan fingerprint density at radius 3 is 2.65 bits per heavy atom. The lowest BCUT2D eigenvalue weighted by Gasteiger charge is -2.34. The Morgan fingerprint density at radius 1 is 1.29 bits per heavy atom. The van der Waals surface area contributed by atoms with E-state index in [1.807, 2.05) is 4.90 Å². The maximum absolute atomic E-state index is 12.4. The fourth-order valence-electron chi connectivity index (χ4n) is 2.82. The number of aliphatic hydroxyl groups excluding tert-OH is 1. The molecular weight excluding hydrogens is 218 g/mol. The predicted octanol–water partition coefficient (Wildman–Crippen LogP) is -0.689. The number of nitrogens with zero attached hydrogens (tertiary/aromatic N) is 1. The first kappa shape index (κ1) is 12.8. The summed E-state index contributed by atoms with van der Waals surface area (Å²) in [7, 11) is 0. The van der Waals surface area contributed by atoms with E-state index in [1.165, 1.54) is 12.8 Å². The van der Waals surface area contributed by atoms with Crippen LogP contribution in [0.4, 0.5) is 0 Å². The Morgan fingerprint density at radius 2 is 2.06 bits per heavy atom. The molecule has 5 heteroatoms. The van der Waals surface area contributed by atoms with Gasteiger partial charge in [-0.25, -0.2) is 0 Å². The molecule has 0 aromatic rings. The number of aliphatic hydroxyl groups is 1. The quantitative estimate of drug-likeness (QED) is 0.610. The summed E-state index contributed by atoms with van der Waals surface area (Å²) in [4.78, 5) is 14.3. The molecule has 2 fully saturated rings. The summed E-state index contributed by atoms with van der Waals surface area (Å²) in [5.74, 6) is 0.151. The van der Waals surface area contributed by atoms with Crippen molar-refractivity contribution in [2.45, 2.75) is 37.8 Å². The van der Waals surface area contributed by atoms with Gasteiger partial charge in [-0.1, -0.05) is 12.8 Å². The van der Waals surface area contributed by atoms with Crippen molar-refractivity contribution in [3.63, 3.8) is 0 Å². The van der Waals surface area contributed by atoms with Crippen LogP contribution in [0.15, 0.2) is 0 Å². The fraction of sp³-hybridized carbons (Fsp3) is 0.917. The molecule has 1 unspecified atom stereocenters. The monoisotopic (exact) mass is 241 g/mol. The van der Waals surface area contributed by atoms with Crippen LogP contribution in [0.3, 0.4) is 0 Å². The minimum Gasteiger partial charge on any atom is -0.395 e. The number of nitrogens with one attached hydrogen (secondary N) is 2. The van der Waals surface area contributed by atoms with Crippen molar-refractivity contribution >= 4 is 5.91 Å². The Labute approximate surface area is 103 Å². The number of carbonyl (C=O) groups excluding carboxylic acids is 1. The van der Waals surface area contributed by atoms with Gasteiger partial charge in [0.25, 0.3) is 0 Å². The van der Waals surface area contributed by atoms with Crippen molar-refractivity contribution in [1.82, 2.24) is 15.5 Å². The molecule has 0 aromatic heterocycles. The topological polar surface area (TPSA) is 64.6 Å². The van der Waals surface area contributed by atoms with Crippen LogP contribution in [0.5, 0.6) is 0 Å². The van der Waals surface area contributed by atoms with Crippen molar-refractivity contribution in [3.05, 3.63) is 0 Å². The average Bonchev–Trinajstić information content (AvgIpc) is 2.90. The number of rotatable bonds is 4. The summed E-state index contributed by atoms with van der Waals surface area (Å²) in [6.45, 7) is 3.00. The van der Waals surface area contributed by atoms with E-state index in [0.717, 1.165) is 25.9 Å². The van der Waals surface area contributed by atoms with Crippen molar-refractivity contribution in [2.24, 2.45) is 0 Å². The first-order valence-electron chi connectivity index (χ1n) is 6.68. The van der Waals surface area contributed by atoms with Gasteiger partial charge in [-0.3, -0.25) is 4.79 Å². The standard InChI is InChI=1S/C12H23N3O2/c16-8-7-15(10-3-1-2-4-10)12(17)11-9-13-5-6-14-11/h10-11,13-14,16H,1-9H2. The van der Waals surface area contributed by atoms with Crippen molar-refractivity contribution in [2.75, 3.05) is 32.8 Å². The van der Waals surface area contributed by atoms with Gasteiger partial charge in [0.1, 0.15) is 0 Å². The predicted molar refractivity (Wildman–Crippen MR) is 65.7 cm³/mol. The molecule has 0 spiro atoms. The number of carbonyl (C=O) groups is 1. The molecule has 0 bridgehead atoms. The van der Waals surface area contributed by atoms with E-state index >= 15 is 0 Å². The second kappa shape index (κ2) is 6.33. The lowest BCUT2D eigenvalue weighted by atomic mass is 10.1. The highest BCUT2D eigenvalue weighted by Gasteiger charge is 2.31. The van der Waals surface area contributed by atoms with Gasteiger partial charge in [0.15, 0.2) is 0 Å². The summed E-state index contributed by atoms with van der Waals surface area (Å²) < 4.78 is 0. The van der Waals surface area contributed by atoms with Crippen LogP contribution in [0, 0.1) is 0 Å². The molecule has 3 N–H and O–H groups in total. The number of piperazine rings is 1. The zero-order valence-corrected chi connectivity index (χ0v) is 10.3. The number of amides is 1. The minimum atomic E-state index is -0.115. The van der Waals surface area contributed by atoms with Crippen LogP contribution in [0.1, 0.15) is 25.7 Å². The third-order valence-corrected chi connectivity index (χ3v) is 3.73. The van der Waals surface area contributed by atoms with Crippen molar-refractivity contribution < 1.29 is 9.90 Å². The average molecular weight is 241 g/mol. The van der Waals surface area contributed by atoms with Crippen LogP contribution < -0.4 is 10.6 Å². The van der Waals surface area contributed by atoms with E-state index in [9.17, 15) is 4.79 Å². The molecule has 0 aromatic carbocycles. The number of hydrogen-bond acceptors (Lipinski definition) is 4. The van der Waals surface area contributed by atoms with Crippen LogP contribution >= 0.6 is 0 Å². The van der Waals surface area contributed by atoms with E-state index in [4.69, 9.17) is 5.11 Å². The molecule has 1 saturated carbocycles. The summed E-state index contributed by atoms with van der Waals surface area (Å²) >= 11 is 0. The minimum absolute atomic E-state index is 0.0579. The third-order valence-electron chi connectivity index (χ3n) is 3.73. The van der Waals surface area contributed by atoms with Crippen molar-refractivity contribution in [1.29, 1.82) is 0 Å². The van der Waals surface area contributed by atoms with Gasteiger partial charge in [-0.2, -0.15) is 0 Å². The van der Waals surface area contributed by atoms with Gasteiger partial charge >= 0.3 is 0 Å². The first-order valence-corrected chi connectivity index (χ1v) is 6.68. The van der Waals surface area contributed by atoms with E-state index in [-0.39, 0.29) is 18.6 Å². The molecule has 1 atom stereocenters. The Kier molecular flexibility index (Phi) is 4.76. The molecular formula is C12H23N3O2. The molecule has 98 valence electrons. The van der Waals surface area contributed by atoms with Crippen LogP contribution in [0.25, 0.3) is 0 Å². The maximum Gasteiger partial charge on any atom is 0.241 e. The van der Waals surface area contributed by atoms with E-state index < -0.39 is 0 Å². The van der Waals surface area contributed by atoms with Gasteiger partial charge in [-0.05, 0) is 12.8 Å². The highest BCUT2D eigenvalue weighted by Crippen LogP contribution is 2.23. The van der Waals surface area contributed by atoms with Crippen LogP contribution in [-0.4, -0.2) is 60.8 Å². The molecule has 0 radical (unpaired) electrons. The fourth-order valence-corrected chi connectivity index (χ4v) is 2.82. The molecule has 1 amide bonds. The number of hydrogen-bond donors (Lipinski definition) is 3. The molecule has 2 aliphatic rings. The molecule has 1 aliphatic carbocycles. The Balaban J connectivity index is 1.95. The SMILES string of the molecule is O=C(C1CNCCN1)N(CCO)C1CCCC1. The largest absolute Gasteiger partial charge is 0.395 e. The Bertz CT molecular complexity index is 248. The molecule has 1 saturated heterocycles. The third kappa shape index (κ3) is 3.18. The summed E-state index contributed by atoms with van der Waals surface area (Å²) in [6.07, 6.45) is 4.59. The zero-order valence-electron chi connectivity index (χ0n) is 10.3. The normalized spacial score (nSPS) is 26.1. The zero-order chi connectivity index (χ0) is 12.1. The lowest BCUT2D eigenvalue weighted by Crippen LogP contribution is -2.58. The second-order valence-electron chi connectivity index (χ2n) is 4.90. The van der Waals surface area contributed by atoms with E-state index in [1.54, 1.807) is 0 Å². The van der Waals surface area contributed by atoms with Gasteiger partial charge in [0.2, 0.25) is 5.91 Å². The molecule has 1 heterocycles. The molecule has 5 nitrogen and oxygen atoms in total. The highest BCUT2D eigenvalue weighted by molar-refractivity contribution is 5.82. The summed E-state index contributed by atoms with van der Waals surface area (Å²) in [5, 5.41) is 15.6. The molecule has 1 aliphatic heterocycles. The second-order valence-corrected chi connectivity index (χ2v) is 4.90. The van der Waals surface area contributed by atoms with Gasteiger partial charge < -0.3 is 20.6 Å². The Hall–Kier alpha value is -0.650. The van der Waals surface area contributed by atoms with E-state index in [0.29, 0.717) is 19.1 Å². The van der Waals surface area contributed by atoms with Gasteiger partial charge in [0.05, 0.1) is 12.6 Å². The smallest absolute Gasteiger partial charge is 0.241 e. The van der Waals surface area contributed by atoms with E-state index in [2.05, 4.69) is 10.6 Å². The maximum atomic E-state index is 12.4. The lowest BCUT2D eigenvalue weighted by molar-refractivity contribution is -0.136. The van der Waals surface area contributed by atoms with Gasteiger partial charge in [-0.15, -0.1) is 0 Å². The van der Waals surface area contributed by atoms with Crippen molar-refractivity contribution in [3.8, 4) is 0 Å². The molecule has 2 rings (SSSR count). The van der Waals surface area contributed by atoms with Gasteiger partial charge in [0, 0.05) is 32.2 Å². The van der Waals surface area contributed by atoms with Crippen LogP contribution in [-0.2, 0) is 4.79 Å². The summed E-state index contributed by atoms with van der Waals surface area (Å²) in [6, 6.07) is 0.231. The highest BCUT2D eigenvalue weighted by atomic mass is 16.3. The first-order chi connectivity index (χ1) is 8.33. The van der Waals surface area contributed by atoms with Crippen LogP contribution in [0.2, 0.25) is 0 Å².